The lowest BCUT2D eigenvalue weighted by atomic mass is 9.97. The first-order valence-electron chi connectivity index (χ1n) is 6.47. The van der Waals surface area contributed by atoms with Crippen LogP contribution in [0.3, 0.4) is 0 Å². The van der Waals surface area contributed by atoms with E-state index in [1.807, 2.05) is 24.3 Å². The number of nitrogens with one attached hydrogen (secondary N) is 2. The van der Waals surface area contributed by atoms with Crippen LogP contribution >= 0.6 is 0 Å². The minimum atomic E-state index is -0.601. The van der Waals surface area contributed by atoms with E-state index in [2.05, 4.69) is 15.6 Å². The van der Waals surface area contributed by atoms with Crippen molar-refractivity contribution in [3.8, 4) is 0 Å². The van der Waals surface area contributed by atoms with Crippen LogP contribution in [0.5, 0.6) is 0 Å². The number of nitrogens with zero attached hydrogens (tertiary/aromatic N) is 1. The third-order valence-corrected chi connectivity index (χ3v) is 3.35. The summed E-state index contributed by atoms with van der Waals surface area (Å²) in [7, 11) is 0. The fourth-order valence-corrected chi connectivity index (χ4v) is 2.43. The van der Waals surface area contributed by atoms with Crippen molar-refractivity contribution in [3.05, 3.63) is 54.0 Å². The van der Waals surface area contributed by atoms with Crippen LogP contribution in [-0.4, -0.2) is 17.4 Å². The Hall–Kier alpha value is -2.43. The van der Waals surface area contributed by atoms with Crippen LogP contribution in [-0.2, 0) is 4.79 Å². The summed E-state index contributed by atoms with van der Waals surface area (Å²) >= 11 is 0. The molecule has 5 heteroatoms. The van der Waals surface area contributed by atoms with E-state index in [1.165, 1.54) is 12.1 Å². The van der Waals surface area contributed by atoms with Crippen molar-refractivity contribution in [2.45, 2.75) is 12.3 Å². The van der Waals surface area contributed by atoms with Gasteiger partial charge in [0.1, 0.15) is 5.82 Å². The maximum Gasteiger partial charge on any atom is 0.226 e. The average Bonchev–Trinajstić information content (AvgIpc) is 2.82. The van der Waals surface area contributed by atoms with Gasteiger partial charge in [0.2, 0.25) is 11.9 Å². The molecule has 1 aliphatic rings. The van der Waals surface area contributed by atoms with Crippen molar-refractivity contribution < 1.29 is 9.18 Å². The molecular formula is C15H14FN3O. The summed E-state index contributed by atoms with van der Waals surface area (Å²) in [5.74, 6) is -0.378. The molecule has 2 N–H and O–H groups in total. The topological polar surface area (TPSA) is 54.0 Å². The Morgan fingerprint density at radius 3 is 3.00 bits per heavy atom. The van der Waals surface area contributed by atoms with Gasteiger partial charge in [-0.05, 0) is 23.8 Å². The molecule has 1 aliphatic heterocycles. The van der Waals surface area contributed by atoms with Gasteiger partial charge in [0.05, 0.1) is 0 Å². The zero-order valence-corrected chi connectivity index (χ0v) is 10.8. The highest BCUT2D eigenvalue weighted by Gasteiger charge is 2.24. The summed E-state index contributed by atoms with van der Waals surface area (Å²) in [5, 5.41) is 5.90. The first-order valence-corrected chi connectivity index (χ1v) is 6.47. The van der Waals surface area contributed by atoms with Gasteiger partial charge in [-0.15, -0.1) is 0 Å². The minimum absolute atomic E-state index is 0.139. The summed E-state index contributed by atoms with van der Waals surface area (Å²) in [4.78, 5) is 15.6. The van der Waals surface area contributed by atoms with E-state index in [-0.39, 0.29) is 17.6 Å². The zero-order valence-electron chi connectivity index (χ0n) is 10.8. The molecule has 20 heavy (non-hydrogen) atoms. The Labute approximate surface area is 116 Å². The first-order chi connectivity index (χ1) is 9.72. The second-order valence-corrected chi connectivity index (χ2v) is 4.76. The van der Waals surface area contributed by atoms with E-state index in [0.717, 1.165) is 17.8 Å². The Morgan fingerprint density at radius 2 is 2.15 bits per heavy atom. The Balaban J connectivity index is 1.66. The predicted molar refractivity (Wildman–Crippen MR) is 75.1 cm³/mol. The first kappa shape index (κ1) is 12.6. The van der Waals surface area contributed by atoms with Crippen LogP contribution in [0.1, 0.15) is 17.9 Å². The normalized spacial score (nSPS) is 16.4. The fourth-order valence-electron chi connectivity index (χ4n) is 2.43. The molecule has 2 aromatic rings. The van der Waals surface area contributed by atoms with E-state index in [0.29, 0.717) is 6.42 Å². The number of rotatable bonds is 3. The predicted octanol–water partition coefficient (Wildman–Crippen LogP) is 2.76. The molecule has 1 aromatic carbocycles. The largest absolute Gasteiger partial charge is 0.384 e. The van der Waals surface area contributed by atoms with Crippen molar-refractivity contribution in [2.75, 3.05) is 17.2 Å². The molecule has 3 rings (SSSR count). The zero-order chi connectivity index (χ0) is 13.9. The standard InChI is InChI=1S/C15H14FN3O/c16-13-6-3-7-14(18-13)19-15(20)8-10-9-17-12-5-2-1-4-11(10)12/h1-7,10,17H,8-9H2,(H,18,19,20). The Bertz CT molecular complexity index is 645. The summed E-state index contributed by atoms with van der Waals surface area (Å²) in [6.45, 7) is 0.739. The highest BCUT2D eigenvalue weighted by atomic mass is 19.1. The highest BCUT2D eigenvalue weighted by Crippen LogP contribution is 2.33. The fraction of sp³-hybridized carbons (Fsp3) is 0.200. The van der Waals surface area contributed by atoms with E-state index >= 15 is 0 Å². The summed E-state index contributed by atoms with van der Waals surface area (Å²) in [6.07, 6.45) is 0.349. The number of benzene rings is 1. The van der Waals surface area contributed by atoms with Crippen molar-refractivity contribution >= 4 is 17.4 Å². The van der Waals surface area contributed by atoms with Crippen LogP contribution in [0.2, 0.25) is 0 Å². The molecule has 0 fully saturated rings. The lowest BCUT2D eigenvalue weighted by Crippen LogP contribution is -2.17. The number of fused-ring (bicyclic) bond motifs is 1. The van der Waals surface area contributed by atoms with Gasteiger partial charge in [-0.2, -0.15) is 4.39 Å². The number of amides is 1. The van der Waals surface area contributed by atoms with Gasteiger partial charge in [-0.3, -0.25) is 4.79 Å². The average molecular weight is 271 g/mol. The molecule has 0 radical (unpaired) electrons. The molecular weight excluding hydrogens is 257 g/mol. The van der Waals surface area contributed by atoms with Crippen LogP contribution in [0.25, 0.3) is 0 Å². The molecule has 1 atom stereocenters. The third kappa shape index (κ3) is 2.61. The van der Waals surface area contributed by atoms with Gasteiger partial charge >= 0.3 is 0 Å². The van der Waals surface area contributed by atoms with Gasteiger partial charge in [0, 0.05) is 24.6 Å². The Kier molecular flexibility index (Phi) is 3.33. The second kappa shape index (κ2) is 5.28. The summed E-state index contributed by atoms with van der Waals surface area (Å²) in [5.41, 5.74) is 2.23. The molecule has 0 saturated carbocycles. The molecule has 0 spiro atoms. The van der Waals surface area contributed by atoms with Crippen LogP contribution in [0.4, 0.5) is 15.9 Å². The number of carbonyl (C=O) groups is 1. The Morgan fingerprint density at radius 1 is 1.30 bits per heavy atom. The van der Waals surface area contributed by atoms with E-state index in [1.54, 1.807) is 6.07 Å². The van der Waals surface area contributed by atoms with Crippen LogP contribution in [0, 0.1) is 5.95 Å². The van der Waals surface area contributed by atoms with Gasteiger partial charge in [-0.1, -0.05) is 24.3 Å². The molecule has 0 saturated heterocycles. The lowest BCUT2D eigenvalue weighted by Gasteiger charge is -2.10. The van der Waals surface area contributed by atoms with Gasteiger partial charge in [0.15, 0.2) is 0 Å². The summed E-state index contributed by atoms with van der Waals surface area (Å²) in [6, 6.07) is 12.3. The van der Waals surface area contributed by atoms with Crippen molar-refractivity contribution in [3.63, 3.8) is 0 Å². The maximum atomic E-state index is 12.9. The molecule has 1 unspecified atom stereocenters. The number of pyridine rings is 1. The van der Waals surface area contributed by atoms with E-state index in [4.69, 9.17) is 0 Å². The number of hydrogen-bond acceptors (Lipinski definition) is 3. The molecule has 102 valence electrons. The molecule has 0 aliphatic carbocycles. The van der Waals surface area contributed by atoms with Crippen molar-refractivity contribution in [1.29, 1.82) is 0 Å². The minimum Gasteiger partial charge on any atom is -0.384 e. The highest BCUT2D eigenvalue weighted by molar-refractivity contribution is 5.90. The van der Waals surface area contributed by atoms with Crippen molar-refractivity contribution in [2.24, 2.45) is 0 Å². The number of halogens is 1. The number of aromatic nitrogens is 1. The lowest BCUT2D eigenvalue weighted by molar-refractivity contribution is -0.116. The molecule has 1 amide bonds. The smallest absolute Gasteiger partial charge is 0.226 e. The molecule has 2 heterocycles. The van der Waals surface area contributed by atoms with Gasteiger partial charge < -0.3 is 10.6 Å². The maximum absolute atomic E-state index is 12.9. The molecule has 0 bridgehead atoms. The van der Waals surface area contributed by atoms with Gasteiger partial charge in [0.25, 0.3) is 0 Å². The SMILES string of the molecule is O=C(CC1CNc2ccccc21)Nc1cccc(F)n1. The van der Waals surface area contributed by atoms with E-state index < -0.39 is 5.95 Å². The van der Waals surface area contributed by atoms with Crippen molar-refractivity contribution in [1.82, 2.24) is 4.98 Å². The molecule has 1 aromatic heterocycles. The number of anilines is 2. The third-order valence-electron chi connectivity index (χ3n) is 3.35. The van der Waals surface area contributed by atoms with Gasteiger partial charge in [-0.25, -0.2) is 4.98 Å². The van der Waals surface area contributed by atoms with Crippen LogP contribution < -0.4 is 10.6 Å². The quantitative estimate of drug-likeness (QED) is 0.844. The molecule has 4 nitrogen and oxygen atoms in total. The van der Waals surface area contributed by atoms with E-state index in [9.17, 15) is 9.18 Å². The summed E-state index contributed by atoms with van der Waals surface area (Å²) < 4.78 is 12.9. The number of hydrogen-bond donors (Lipinski definition) is 2. The second-order valence-electron chi connectivity index (χ2n) is 4.76. The number of carbonyl (C=O) groups excluding carboxylic acids is 1. The monoisotopic (exact) mass is 271 g/mol. The number of para-hydroxylation sites is 1. The van der Waals surface area contributed by atoms with Crippen LogP contribution in [0.15, 0.2) is 42.5 Å².